The lowest BCUT2D eigenvalue weighted by atomic mass is 10.1. The van der Waals surface area contributed by atoms with Gasteiger partial charge in [0, 0.05) is 79.0 Å². The standard InChI is InChI=1S/C23H20F2N4O4.C20H16FN3O5.C3H6FN.CH3F/c1-31-6-7-32-20-10-19-16(8-17(20)25)22(27-26-19)21-9-18(28-33-21)13-2-4-14(5-3-13)23(30)29-11-15(24)12-29;1-27-6-7-28-17-10-16-13(8-14(17)21)19(23-22-16)18-9-15(24-29-18)11-2-4-12(5-3-11)20(25)26;4-3-1-5-2-3;1-2/h2-5,8-10,15H,6-7,11-12H2,1H3,(H,26,27);2-5,8-10H,6-7H2,1H3,(H,22,23)(H,25,26);3,5H,1-2H2;1H3/i;;;1D. The molecule has 69 heavy (non-hydrogen) atoms. The van der Waals surface area contributed by atoms with Gasteiger partial charge in [-0.2, -0.15) is 10.2 Å². The van der Waals surface area contributed by atoms with Crippen LogP contribution in [0.4, 0.5) is 22.0 Å². The van der Waals surface area contributed by atoms with Crippen LogP contribution in [0.25, 0.3) is 67.2 Å². The van der Waals surface area contributed by atoms with E-state index >= 15 is 0 Å². The predicted octanol–water partition coefficient (Wildman–Crippen LogP) is 8.10. The first-order valence-corrected chi connectivity index (χ1v) is 21.0. The number of carbonyl (C=O) groups is 2. The second-order valence-corrected chi connectivity index (χ2v) is 15.2. The molecule has 1 amide bonds. The molecule has 0 bridgehead atoms. The van der Waals surface area contributed by atoms with Crippen LogP contribution in [0.2, 0.25) is 0 Å². The maximum absolute atomic E-state index is 14.5. The van der Waals surface area contributed by atoms with Crippen molar-refractivity contribution in [2.75, 3.05) is 74.0 Å². The van der Waals surface area contributed by atoms with Gasteiger partial charge in [-0.25, -0.2) is 22.4 Å². The highest BCUT2D eigenvalue weighted by molar-refractivity contribution is 5.96. The molecule has 22 heteroatoms. The number of carboxylic acids is 1. The Bertz CT molecular complexity index is 2990. The summed E-state index contributed by atoms with van der Waals surface area (Å²) in [4.78, 5) is 24.7. The maximum atomic E-state index is 14.5. The van der Waals surface area contributed by atoms with Crippen LogP contribution >= 0.6 is 0 Å². The zero-order valence-corrected chi connectivity index (χ0v) is 36.9. The summed E-state index contributed by atoms with van der Waals surface area (Å²) in [6.45, 7) is 2.55. The summed E-state index contributed by atoms with van der Waals surface area (Å²) in [6.07, 6.45) is -1.49. The Hall–Kier alpha value is -7.69. The molecule has 0 atom stereocenters. The van der Waals surface area contributed by atoms with Crippen molar-refractivity contribution in [1.82, 2.24) is 40.9 Å². The third kappa shape index (κ3) is 11.7. The molecule has 0 aliphatic carbocycles. The number of benzene rings is 4. The number of carbonyl (C=O) groups excluding carboxylic acids is 1. The summed E-state index contributed by atoms with van der Waals surface area (Å²) < 4.78 is 100. The van der Waals surface area contributed by atoms with E-state index in [1.165, 1.54) is 48.4 Å². The number of carboxylic acid groups (broad SMARTS) is 1. The molecule has 0 saturated carbocycles. The van der Waals surface area contributed by atoms with Crippen molar-refractivity contribution in [2.24, 2.45) is 0 Å². The summed E-state index contributed by atoms with van der Waals surface area (Å²) in [5.74, 6) is -1.36. The van der Waals surface area contributed by atoms with Crippen LogP contribution in [0, 0.1) is 11.6 Å². The van der Waals surface area contributed by atoms with Gasteiger partial charge in [-0.1, -0.05) is 34.6 Å². The van der Waals surface area contributed by atoms with Gasteiger partial charge in [0.15, 0.2) is 34.7 Å². The molecule has 4 aromatic heterocycles. The fourth-order valence-electron chi connectivity index (χ4n) is 6.74. The Morgan fingerprint density at radius 1 is 0.710 bits per heavy atom. The zero-order valence-electron chi connectivity index (χ0n) is 37.9. The molecule has 4 aromatic carbocycles. The van der Waals surface area contributed by atoms with Crippen molar-refractivity contribution in [3.8, 4) is 56.9 Å². The highest BCUT2D eigenvalue weighted by Gasteiger charge is 2.31. The highest BCUT2D eigenvalue weighted by atomic mass is 19.1. The molecule has 6 heterocycles. The van der Waals surface area contributed by atoms with Gasteiger partial charge in [-0.3, -0.25) is 19.4 Å². The van der Waals surface area contributed by atoms with E-state index in [2.05, 4.69) is 36.0 Å². The monoisotopic (exact) mass is 961 g/mol. The number of aromatic carboxylic acids is 1. The third-order valence-corrected chi connectivity index (χ3v) is 10.5. The average Bonchev–Trinajstić information content (AvgIpc) is 4.18. The van der Waals surface area contributed by atoms with E-state index in [4.69, 9.17) is 34.5 Å². The summed E-state index contributed by atoms with van der Waals surface area (Å²) >= 11 is 0. The number of nitrogens with zero attached hydrogens (tertiary/aromatic N) is 5. The number of hydrogen-bond donors (Lipinski definition) is 4. The van der Waals surface area contributed by atoms with Gasteiger partial charge in [0.2, 0.25) is 0 Å². The van der Waals surface area contributed by atoms with Crippen LogP contribution in [0.15, 0.2) is 94.0 Å². The van der Waals surface area contributed by atoms with E-state index in [1.54, 1.807) is 55.6 Å². The lowest BCUT2D eigenvalue weighted by Crippen LogP contribution is -2.51. The van der Waals surface area contributed by atoms with Crippen LogP contribution in [-0.4, -0.2) is 139 Å². The molecule has 2 aliphatic heterocycles. The molecule has 8 aromatic rings. The molecule has 0 radical (unpaired) electrons. The van der Waals surface area contributed by atoms with Crippen molar-refractivity contribution in [2.45, 2.75) is 12.3 Å². The fourth-order valence-corrected chi connectivity index (χ4v) is 6.74. The Morgan fingerprint density at radius 2 is 1.14 bits per heavy atom. The van der Waals surface area contributed by atoms with Gasteiger partial charge in [-0.15, -0.1) is 0 Å². The Kier molecular flexibility index (Phi) is 15.8. The fraction of sp³-hybridized carbons (Fsp3) is 0.277. The minimum atomic E-state index is -1.01. The van der Waals surface area contributed by atoms with E-state index in [0.717, 1.165) is 5.56 Å². The zero-order chi connectivity index (χ0) is 49.7. The minimum absolute atomic E-state index is 0.0986. The third-order valence-electron chi connectivity index (χ3n) is 10.5. The summed E-state index contributed by atoms with van der Waals surface area (Å²) in [5.41, 5.74) is 5.10. The van der Waals surface area contributed by atoms with Crippen molar-refractivity contribution in [1.29, 1.82) is 0 Å². The van der Waals surface area contributed by atoms with Gasteiger partial charge in [0.25, 0.3) is 5.91 Å². The number of rotatable bonds is 14. The summed E-state index contributed by atoms with van der Waals surface area (Å²) in [6, 6.07) is 22.1. The lowest BCUT2D eigenvalue weighted by Gasteiger charge is -2.34. The number of ether oxygens (including phenoxy) is 4. The maximum Gasteiger partial charge on any atom is 0.335 e. The second kappa shape index (κ2) is 22.9. The Morgan fingerprint density at radius 3 is 1.52 bits per heavy atom. The predicted molar refractivity (Wildman–Crippen MR) is 241 cm³/mol. The lowest BCUT2D eigenvalue weighted by molar-refractivity contribution is 0.0400. The minimum Gasteiger partial charge on any atom is -0.488 e. The number of nitrogens with one attached hydrogen (secondary N) is 3. The molecule has 0 unspecified atom stereocenters. The number of likely N-dealkylation sites (tertiary alicyclic amines) is 1. The summed E-state index contributed by atoms with van der Waals surface area (Å²) in [7, 11) is 2.08. The highest BCUT2D eigenvalue weighted by Crippen LogP contribution is 2.35. The van der Waals surface area contributed by atoms with Crippen LogP contribution in [0.5, 0.6) is 11.5 Å². The van der Waals surface area contributed by atoms with Crippen LogP contribution in [0.3, 0.4) is 0 Å². The van der Waals surface area contributed by atoms with Crippen LogP contribution < -0.4 is 14.8 Å². The smallest absolute Gasteiger partial charge is 0.335 e. The number of alkyl halides is 3. The van der Waals surface area contributed by atoms with Crippen LogP contribution in [0.1, 0.15) is 22.1 Å². The average molecular weight is 962 g/mol. The largest absolute Gasteiger partial charge is 0.488 e. The number of aromatic amines is 2. The van der Waals surface area contributed by atoms with Gasteiger partial charge in [0.1, 0.15) is 48.3 Å². The molecule has 2 fully saturated rings. The number of halogens is 5. The number of hydrogen-bond acceptors (Lipinski definition) is 13. The number of H-pyrrole nitrogens is 2. The van der Waals surface area contributed by atoms with Crippen molar-refractivity contribution >= 4 is 33.7 Å². The van der Waals surface area contributed by atoms with E-state index in [1.807, 2.05) is 0 Å². The first-order chi connectivity index (χ1) is 33.9. The van der Waals surface area contributed by atoms with Gasteiger partial charge in [0.05, 0.1) is 51.4 Å². The Balaban J connectivity index is 0.000000179. The molecular weight excluding hydrogens is 916 g/mol. The topological polar surface area (TPSA) is 216 Å². The quantitative estimate of drug-likeness (QED) is 0.0599. The number of aromatic nitrogens is 6. The van der Waals surface area contributed by atoms with Gasteiger partial charge in [-0.05, 0) is 36.4 Å². The Labute approximate surface area is 390 Å². The molecule has 2 saturated heterocycles. The summed E-state index contributed by atoms with van der Waals surface area (Å²) in [5, 5.41) is 35.0. The molecule has 362 valence electrons. The first-order valence-electron chi connectivity index (χ1n) is 21.7. The number of amides is 1. The molecule has 0 spiro atoms. The van der Waals surface area contributed by atoms with Crippen molar-refractivity contribution in [3.05, 3.63) is 108 Å². The number of fused-ring (bicyclic) bond motifs is 2. The SMILES string of the molecule is COCCOc1cc2[nH]nc(-c3cc(-c4ccc(C(=O)N5CC(F)C5)cc4)no3)c2cc1F.COCCOc1cc2[nH]nc(-c3cc(-c4ccc(C(=O)O)cc4)no3)c2cc1F.FC1CNC1.[2H]CF. The molecule has 4 N–H and O–H groups in total. The van der Waals surface area contributed by atoms with E-state index in [-0.39, 0.29) is 49.3 Å². The second-order valence-electron chi connectivity index (χ2n) is 15.2. The van der Waals surface area contributed by atoms with Crippen LogP contribution in [-0.2, 0) is 9.47 Å². The molecule has 2 aliphatic rings. The van der Waals surface area contributed by atoms with Gasteiger partial charge >= 0.3 is 5.97 Å². The normalized spacial score (nSPS) is 13.5. The van der Waals surface area contributed by atoms with E-state index in [0.29, 0.717) is 93.5 Å². The molecule has 10 rings (SSSR count). The van der Waals surface area contributed by atoms with Crippen molar-refractivity contribution < 1.29 is 66.0 Å². The van der Waals surface area contributed by atoms with Crippen molar-refractivity contribution in [3.63, 3.8) is 0 Å². The van der Waals surface area contributed by atoms with E-state index in [9.17, 15) is 31.5 Å². The number of methoxy groups -OCH3 is 2. The van der Waals surface area contributed by atoms with Gasteiger partial charge < -0.3 is 43.3 Å². The first kappa shape index (κ1) is 47.8. The van der Waals surface area contributed by atoms with E-state index < -0.39 is 37.1 Å². The molecule has 17 nitrogen and oxygen atoms in total. The molecular formula is C47H45F5N8O9.